The van der Waals surface area contributed by atoms with Gasteiger partial charge in [0.25, 0.3) is 0 Å². The van der Waals surface area contributed by atoms with Gasteiger partial charge in [0.2, 0.25) is 0 Å². The summed E-state index contributed by atoms with van der Waals surface area (Å²) in [5.41, 5.74) is 10.3. The van der Waals surface area contributed by atoms with Crippen molar-refractivity contribution in [1.29, 1.82) is 0 Å². The van der Waals surface area contributed by atoms with E-state index in [1.165, 1.54) is 48.8 Å². The third-order valence-electron chi connectivity index (χ3n) is 4.87. The van der Waals surface area contributed by atoms with Crippen molar-refractivity contribution in [2.75, 3.05) is 13.6 Å². The fourth-order valence-corrected chi connectivity index (χ4v) is 3.39. The zero-order valence-corrected chi connectivity index (χ0v) is 12.7. The third kappa shape index (κ3) is 3.18. The Balaban J connectivity index is 2.20. The molecule has 2 N–H and O–H groups in total. The van der Waals surface area contributed by atoms with Gasteiger partial charge in [0.15, 0.2) is 0 Å². The molecule has 1 saturated carbocycles. The van der Waals surface area contributed by atoms with E-state index in [1.54, 1.807) is 0 Å². The normalized spacial score (nSPS) is 18.8. The van der Waals surface area contributed by atoms with E-state index in [0.29, 0.717) is 18.6 Å². The second kappa shape index (κ2) is 6.53. The van der Waals surface area contributed by atoms with Crippen molar-refractivity contribution in [3.8, 4) is 0 Å². The molecule has 2 nitrogen and oxygen atoms in total. The van der Waals surface area contributed by atoms with Crippen LogP contribution in [-0.4, -0.2) is 24.5 Å². The monoisotopic (exact) mass is 260 g/mol. The molecule has 0 heterocycles. The van der Waals surface area contributed by atoms with Gasteiger partial charge in [-0.1, -0.05) is 37.5 Å². The average Bonchev–Trinajstić information content (AvgIpc) is 2.45. The Morgan fingerprint density at radius 2 is 1.89 bits per heavy atom. The fourth-order valence-electron chi connectivity index (χ4n) is 3.39. The molecule has 0 saturated heterocycles. The number of hydrogen-bond donors (Lipinski definition) is 1. The summed E-state index contributed by atoms with van der Waals surface area (Å²) < 4.78 is 0. The van der Waals surface area contributed by atoms with E-state index in [9.17, 15) is 0 Å². The van der Waals surface area contributed by atoms with E-state index in [0.717, 1.165) is 0 Å². The van der Waals surface area contributed by atoms with Crippen LogP contribution >= 0.6 is 0 Å². The molecule has 1 aliphatic carbocycles. The summed E-state index contributed by atoms with van der Waals surface area (Å²) in [5, 5.41) is 0. The molecule has 1 aliphatic rings. The highest BCUT2D eigenvalue weighted by molar-refractivity contribution is 5.35. The zero-order chi connectivity index (χ0) is 13.8. The molecule has 2 heteroatoms. The van der Waals surface area contributed by atoms with Gasteiger partial charge in [-0.15, -0.1) is 0 Å². The summed E-state index contributed by atoms with van der Waals surface area (Å²) >= 11 is 0. The van der Waals surface area contributed by atoms with Crippen LogP contribution in [0.25, 0.3) is 0 Å². The highest BCUT2D eigenvalue weighted by Gasteiger charge is 2.25. The van der Waals surface area contributed by atoms with Crippen molar-refractivity contribution in [2.45, 2.75) is 58.0 Å². The second-order valence-electron chi connectivity index (χ2n) is 6.00. The first kappa shape index (κ1) is 14.5. The molecule has 1 fully saturated rings. The molecular weight excluding hydrogens is 232 g/mol. The van der Waals surface area contributed by atoms with E-state index >= 15 is 0 Å². The Hall–Kier alpha value is -0.860. The van der Waals surface area contributed by atoms with Crippen LogP contribution in [0.15, 0.2) is 18.2 Å². The Kier molecular flexibility index (Phi) is 5.00. The lowest BCUT2D eigenvalue weighted by Gasteiger charge is -2.37. The first-order valence-electron chi connectivity index (χ1n) is 7.63. The molecule has 0 spiro atoms. The maximum absolute atomic E-state index is 6.09. The van der Waals surface area contributed by atoms with E-state index in [-0.39, 0.29) is 0 Å². The van der Waals surface area contributed by atoms with E-state index in [1.807, 2.05) is 0 Å². The lowest BCUT2D eigenvalue weighted by Crippen LogP contribution is -2.40. The van der Waals surface area contributed by atoms with Crippen LogP contribution in [0.2, 0.25) is 0 Å². The summed E-state index contributed by atoms with van der Waals surface area (Å²) in [7, 11) is 2.26. The highest BCUT2D eigenvalue weighted by Crippen LogP contribution is 2.30. The van der Waals surface area contributed by atoms with E-state index in [2.05, 4.69) is 44.0 Å². The maximum Gasteiger partial charge on any atom is 0.0473 e. The minimum absolute atomic E-state index is 0.364. The molecule has 0 aliphatic heterocycles. The van der Waals surface area contributed by atoms with Gasteiger partial charge in [0.05, 0.1) is 0 Å². The molecule has 1 aromatic rings. The molecule has 1 unspecified atom stereocenters. The molecule has 0 radical (unpaired) electrons. The minimum Gasteiger partial charge on any atom is -0.329 e. The molecule has 2 rings (SSSR count). The van der Waals surface area contributed by atoms with Crippen LogP contribution in [0.3, 0.4) is 0 Å². The van der Waals surface area contributed by atoms with Gasteiger partial charge in [-0.2, -0.15) is 0 Å². The lowest BCUT2D eigenvalue weighted by molar-refractivity contribution is 0.140. The van der Waals surface area contributed by atoms with Crippen molar-refractivity contribution in [3.05, 3.63) is 34.9 Å². The molecule has 19 heavy (non-hydrogen) atoms. The van der Waals surface area contributed by atoms with E-state index in [4.69, 9.17) is 5.73 Å². The van der Waals surface area contributed by atoms with Gasteiger partial charge in [-0.05, 0) is 50.4 Å². The van der Waals surface area contributed by atoms with Crippen LogP contribution in [0.1, 0.15) is 54.8 Å². The Morgan fingerprint density at radius 1 is 1.21 bits per heavy atom. The lowest BCUT2D eigenvalue weighted by atomic mass is 9.90. The fraction of sp³-hybridized carbons (Fsp3) is 0.647. The Labute approximate surface area is 118 Å². The number of hydrogen-bond acceptors (Lipinski definition) is 2. The van der Waals surface area contributed by atoms with E-state index < -0.39 is 0 Å². The summed E-state index contributed by atoms with van der Waals surface area (Å²) in [6.07, 6.45) is 6.81. The summed E-state index contributed by atoms with van der Waals surface area (Å²) in [4.78, 5) is 2.53. The molecule has 1 atom stereocenters. The Morgan fingerprint density at radius 3 is 2.53 bits per heavy atom. The number of nitrogens with zero attached hydrogens (tertiary/aromatic N) is 1. The molecule has 1 aromatic carbocycles. The largest absolute Gasteiger partial charge is 0.329 e. The van der Waals surface area contributed by atoms with Crippen LogP contribution in [-0.2, 0) is 0 Å². The van der Waals surface area contributed by atoms with Crippen molar-refractivity contribution < 1.29 is 0 Å². The third-order valence-corrected chi connectivity index (χ3v) is 4.87. The predicted octanol–water partition coefficient (Wildman–Crippen LogP) is 3.57. The first-order chi connectivity index (χ1) is 9.15. The smallest absolute Gasteiger partial charge is 0.0473 e. The molecule has 0 bridgehead atoms. The van der Waals surface area contributed by atoms with Crippen molar-refractivity contribution in [1.82, 2.24) is 4.90 Å². The summed E-state index contributed by atoms with van der Waals surface area (Å²) in [6, 6.07) is 7.67. The number of likely N-dealkylation sites (N-methyl/N-ethyl adjacent to an activating group) is 1. The topological polar surface area (TPSA) is 29.3 Å². The average molecular weight is 260 g/mol. The SMILES string of the molecule is Cc1cccc(C(CN)N(C)C2CCCCC2)c1C. The quantitative estimate of drug-likeness (QED) is 0.896. The molecule has 106 valence electrons. The van der Waals surface area contributed by atoms with Gasteiger partial charge in [-0.3, -0.25) is 4.90 Å². The number of nitrogens with two attached hydrogens (primary N) is 1. The molecule has 0 aromatic heterocycles. The van der Waals surface area contributed by atoms with Gasteiger partial charge in [0, 0.05) is 18.6 Å². The van der Waals surface area contributed by atoms with Crippen molar-refractivity contribution >= 4 is 0 Å². The van der Waals surface area contributed by atoms with Crippen LogP contribution in [0.5, 0.6) is 0 Å². The van der Waals surface area contributed by atoms with Gasteiger partial charge >= 0.3 is 0 Å². The first-order valence-corrected chi connectivity index (χ1v) is 7.63. The molecule has 0 amide bonds. The highest BCUT2D eigenvalue weighted by atomic mass is 15.2. The number of rotatable bonds is 4. The van der Waals surface area contributed by atoms with Gasteiger partial charge < -0.3 is 5.73 Å². The van der Waals surface area contributed by atoms with Crippen molar-refractivity contribution in [2.24, 2.45) is 5.73 Å². The van der Waals surface area contributed by atoms with Crippen LogP contribution in [0.4, 0.5) is 0 Å². The van der Waals surface area contributed by atoms with Crippen LogP contribution < -0.4 is 5.73 Å². The zero-order valence-electron chi connectivity index (χ0n) is 12.7. The predicted molar refractivity (Wildman–Crippen MR) is 82.3 cm³/mol. The second-order valence-corrected chi connectivity index (χ2v) is 6.00. The van der Waals surface area contributed by atoms with Gasteiger partial charge in [-0.25, -0.2) is 0 Å². The maximum atomic E-state index is 6.09. The van der Waals surface area contributed by atoms with Crippen molar-refractivity contribution in [3.63, 3.8) is 0 Å². The number of aryl methyl sites for hydroxylation is 1. The Bertz CT molecular complexity index is 408. The minimum atomic E-state index is 0.364. The summed E-state index contributed by atoms with van der Waals surface area (Å²) in [5.74, 6) is 0. The van der Waals surface area contributed by atoms with Gasteiger partial charge in [0.1, 0.15) is 0 Å². The standard InChI is InChI=1S/C17H28N2/c1-13-8-7-11-16(14(13)2)17(12-18)19(3)15-9-5-4-6-10-15/h7-8,11,15,17H,4-6,9-10,12,18H2,1-3H3. The summed E-state index contributed by atoms with van der Waals surface area (Å²) in [6.45, 7) is 5.12. The number of benzene rings is 1. The van der Waals surface area contributed by atoms with Crippen LogP contribution in [0, 0.1) is 13.8 Å². The molecular formula is C17H28N2.